The first-order valence-electron chi connectivity index (χ1n) is 5.52. The number of nitrogens with two attached hydrogens (primary N) is 1. The SMILES string of the molecule is CC1(C)NC(=O)N(CCN2CC(N)C2)C1=O. The smallest absolute Gasteiger partial charge is 0.325 e. The Hall–Kier alpha value is -1.14. The lowest BCUT2D eigenvalue weighted by atomic mass is 10.1. The molecular weight excluding hydrogens is 208 g/mol. The largest absolute Gasteiger partial charge is 0.325 e. The monoisotopic (exact) mass is 226 g/mol. The van der Waals surface area contributed by atoms with Crippen molar-refractivity contribution in [2.45, 2.75) is 25.4 Å². The molecule has 0 bridgehead atoms. The average Bonchev–Trinajstić information content (AvgIpc) is 2.31. The summed E-state index contributed by atoms with van der Waals surface area (Å²) in [7, 11) is 0. The molecule has 2 aliphatic heterocycles. The number of likely N-dealkylation sites (tertiary alicyclic amines) is 1. The van der Waals surface area contributed by atoms with E-state index in [0.717, 1.165) is 13.1 Å². The van der Waals surface area contributed by atoms with Gasteiger partial charge in [-0.05, 0) is 13.8 Å². The standard InChI is InChI=1S/C10H18N4O2/c1-10(2)8(15)14(9(16)12-10)4-3-13-5-7(11)6-13/h7H,3-6,11H2,1-2H3,(H,12,16). The summed E-state index contributed by atoms with van der Waals surface area (Å²) in [5.74, 6) is -0.151. The first-order valence-corrected chi connectivity index (χ1v) is 5.52. The first kappa shape index (κ1) is 11.3. The predicted molar refractivity (Wildman–Crippen MR) is 58.7 cm³/mol. The third-order valence-corrected chi connectivity index (χ3v) is 3.07. The summed E-state index contributed by atoms with van der Waals surface area (Å²) in [6, 6.07) is -0.0423. The lowest BCUT2D eigenvalue weighted by Gasteiger charge is -2.37. The highest BCUT2D eigenvalue weighted by Crippen LogP contribution is 2.16. The van der Waals surface area contributed by atoms with Crippen molar-refractivity contribution in [3.8, 4) is 0 Å². The van der Waals surface area contributed by atoms with Gasteiger partial charge >= 0.3 is 6.03 Å². The third kappa shape index (κ3) is 1.90. The molecule has 0 radical (unpaired) electrons. The van der Waals surface area contributed by atoms with Gasteiger partial charge in [-0.3, -0.25) is 14.6 Å². The molecule has 90 valence electrons. The second-order valence-electron chi connectivity index (χ2n) is 5.03. The molecule has 2 aliphatic rings. The maximum absolute atomic E-state index is 11.8. The molecule has 2 heterocycles. The van der Waals surface area contributed by atoms with E-state index >= 15 is 0 Å². The Balaban J connectivity index is 1.86. The maximum atomic E-state index is 11.8. The fourth-order valence-electron chi connectivity index (χ4n) is 2.05. The lowest BCUT2D eigenvalue weighted by molar-refractivity contribution is -0.130. The number of nitrogens with zero attached hydrogens (tertiary/aromatic N) is 2. The van der Waals surface area contributed by atoms with E-state index in [1.807, 2.05) is 0 Å². The van der Waals surface area contributed by atoms with E-state index in [4.69, 9.17) is 5.73 Å². The topological polar surface area (TPSA) is 78.7 Å². The van der Waals surface area contributed by atoms with Crippen molar-refractivity contribution in [1.29, 1.82) is 0 Å². The van der Waals surface area contributed by atoms with E-state index in [0.29, 0.717) is 13.1 Å². The number of carbonyl (C=O) groups is 2. The fourth-order valence-corrected chi connectivity index (χ4v) is 2.05. The molecule has 0 spiro atoms. The van der Waals surface area contributed by atoms with Gasteiger partial charge in [0.15, 0.2) is 0 Å². The van der Waals surface area contributed by atoms with E-state index in [9.17, 15) is 9.59 Å². The zero-order valence-corrected chi connectivity index (χ0v) is 9.69. The van der Waals surface area contributed by atoms with Crippen LogP contribution < -0.4 is 11.1 Å². The van der Waals surface area contributed by atoms with Gasteiger partial charge in [0.1, 0.15) is 5.54 Å². The van der Waals surface area contributed by atoms with E-state index in [-0.39, 0.29) is 18.0 Å². The molecule has 0 saturated carbocycles. The van der Waals surface area contributed by atoms with Crippen LogP contribution in [0.3, 0.4) is 0 Å². The molecule has 0 aliphatic carbocycles. The van der Waals surface area contributed by atoms with Crippen molar-refractivity contribution in [2.75, 3.05) is 26.2 Å². The highest BCUT2D eigenvalue weighted by molar-refractivity contribution is 6.06. The highest BCUT2D eigenvalue weighted by atomic mass is 16.2. The Morgan fingerprint density at radius 2 is 2.00 bits per heavy atom. The number of imide groups is 1. The third-order valence-electron chi connectivity index (χ3n) is 3.07. The average molecular weight is 226 g/mol. The molecule has 2 fully saturated rings. The molecule has 3 N–H and O–H groups in total. The van der Waals surface area contributed by atoms with Crippen LogP contribution in [0.15, 0.2) is 0 Å². The predicted octanol–water partition coefficient (Wildman–Crippen LogP) is -1.04. The molecule has 0 unspecified atom stereocenters. The van der Waals surface area contributed by atoms with Crippen LogP contribution in [0, 0.1) is 0 Å². The van der Waals surface area contributed by atoms with E-state index in [1.165, 1.54) is 4.90 Å². The zero-order valence-electron chi connectivity index (χ0n) is 9.69. The fraction of sp³-hybridized carbons (Fsp3) is 0.800. The number of hydrogen-bond acceptors (Lipinski definition) is 4. The van der Waals surface area contributed by atoms with E-state index in [2.05, 4.69) is 10.2 Å². The molecule has 0 aromatic carbocycles. The minimum absolute atomic E-state index is 0.151. The van der Waals surface area contributed by atoms with Crippen LogP contribution in [0.1, 0.15) is 13.8 Å². The Kier molecular flexibility index (Phi) is 2.63. The van der Waals surface area contributed by atoms with Gasteiger partial charge in [-0.2, -0.15) is 0 Å². The van der Waals surface area contributed by atoms with Crippen LogP contribution in [0.4, 0.5) is 4.79 Å². The van der Waals surface area contributed by atoms with Gasteiger partial charge in [-0.1, -0.05) is 0 Å². The van der Waals surface area contributed by atoms with Gasteiger partial charge in [0, 0.05) is 32.2 Å². The first-order chi connectivity index (χ1) is 7.40. The van der Waals surface area contributed by atoms with Crippen molar-refractivity contribution in [1.82, 2.24) is 15.1 Å². The Morgan fingerprint density at radius 3 is 2.44 bits per heavy atom. The number of hydrogen-bond donors (Lipinski definition) is 2. The Bertz CT molecular complexity index is 323. The van der Waals surface area contributed by atoms with E-state index < -0.39 is 5.54 Å². The van der Waals surface area contributed by atoms with Gasteiger partial charge in [0.2, 0.25) is 0 Å². The van der Waals surface area contributed by atoms with Crippen LogP contribution in [0.25, 0.3) is 0 Å². The molecule has 2 rings (SSSR count). The summed E-state index contributed by atoms with van der Waals surface area (Å²) in [6.07, 6.45) is 0. The number of nitrogens with one attached hydrogen (secondary N) is 1. The van der Waals surface area contributed by atoms with Gasteiger partial charge in [-0.25, -0.2) is 4.79 Å². The number of amides is 3. The molecule has 2 saturated heterocycles. The summed E-state index contributed by atoms with van der Waals surface area (Å²) in [5.41, 5.74) is 4.89. The normalized spacial score (nSPS) is 25.8. The van der Waals surface area contributed by atoms with Crippen LogP contribution in [-0.4, -0.2) is 59.5 Å². The number of urea groups is 1. The minimum Gasteiger partial charge on any atom is -0.325 e. The summed E-state index contributed by atoms with van der Waals surface area (Å²) in [6.45, 7) is 6.30. The molecule has 0 atom stereocenters. The lowest BCUT2D eigenvalue weighted by Crippen LogP contribution is -2.57. The van der Waals surface area contributed by atoms with Crippen molar-refractivity contribution < 1.29 is 9.59 Å². The molecule has 3 amide bonds. The van der Waals surface area contributed by atoms with Gasteiger partial charge in [0.25, 0.3) is 5.91 Å². The van der Waals surface area contributed by atoms with Crippen LogP contribution in [0.5, 0.6) is 0 Å². The van der Waals surface area contributed by atoms with Crippen molar-refractivity contribution in [3.05, 3.63) is 0 Å². The molecule has 16 heavy (non-hydrogen) atoms. The second-order valence-corrected chi connectivity index (χ2v) is 5.03. The van der Waals surface area contributed by atoms with Gasteiger partial charge in [0.05, 0.1) is 0 Å². The summed E-state index contributed by atoms with van der Waals surface area (Å²) < 4.78 is 0. The van der Waals surface area contributed by atoms with Crippen molar-refractivity contribution in [3.63, 3.8) is 0 Å². The second kappa shape index (κ2) is 3.71. The summed E-state index contributed by atoms with van der Waals surface area (Å²) >= 11 is 0. The zero-order chi connectivity index (χ0) is 11.9. The van der Waals surface area contributed by atoms with Crippen LogP contribution in [-0.2, 0) is 4.79 Å². The molecule has 0 aromatic heterocycles. The molecule has 6 heteroatoms. The maximum Gasteiger partial charge on any atom is 0.325 e. The Labute approximate surface area is 94.7 Å². The molecule has 6 nitrogen and oxygen atoms in total. The molecular formula is C10H18N4O2. The minimum atomic E-state index is -0.761. The number of carbonyl (C=O) groups excluding carboxylic acids is 2. The van der Waals surface area contributed by atoms with Crippen molar-refractivity contribution >= 4 is 11.9 Å². The quantitative estimate of drug-likeness (QED) is 0.602. The van der Waals surface area contributed by atoms with Gasteiger partial charge in [-0.15, -0.1) is 0 Å². The summed E-state index contributed by atoms with van der Waals surface area (Å²) in [5, 5.41) is 2.66. The summed E-state index contributed by atoms with van der Waals surface area (Å²) in [4.78, 5) is 26.8. The Morgan fingerprint density at radius 1 is 1.38 bits per heavy atom. The van der Waals surface area contributed by atoms with Crippen molar-refractivity contribution in [2.24, 2.45) is 5.73 Å². The van der Waals surface area contributed by atoms with E-state index in [1.54, 1.807) is 13.8 Å². The van der Waals surface area contributed by atoms with Crippen LogP contribution >= 0.6 is 0 Å². The number of rotatable bonds is 3. The molecule has 0 aromatic rings. The highest BCUT2D eigenvalue weighted by Gasteiger charge is 2.44. The van der Waals surface area contributed by atoms with Gasteiger partial charge < -0.3 is 11.1 Å². The van der Waals surface area contributed by atoms with Crippen LogP contribution in [0.2, 0.25) is 0 Å².